The summed E-state index contributed by atoms with van der Waals surface area (Å²) in [5.41, 5.74) is 0. The van der Waals surface area contributed by atoms with Gasteiger partial charge < -0.3 is 10.1 Å². The summed E-state index contributed by atoms with van der Waals surface area (Å²) in [5, 5.41) is 3.55. The van der Waals surface area contributed by atoms with Gasteiger partial charge in [-0.1, -0.05) is 6.92 Å². The summed E-state index contributed by atoms with van der Waals surface area (Å²) in [7, 11) is -2.77. The van der Waals surface area contributed by atoms with Gasteiger partial charge in [-0.15, -0.1) is 0 Å². The first-order valence-corrected chi connectivity index (χ1v) is 8.46. The minimum absolute atomic E-state index is 0.301. The molecule has 5 heteroatoms. The van der Waals surface area contributed by atoms with Crippen molar-refractivity contribution in [3.8, 4) is 0 Å². The number of sulfone groups is 1. The molecule has 0 spiro atoms. The van der Waals surface area contributed by atoms with E-state index in [0.29, 0.717) is 29.4 Å². The van der Waals surface area contributed by atoms with Gasteiger partial charge in [-0.3, -0.25) is 0 Å². The van der Waals surface area contributed by atoms with Gasteiger partial charge in [-0.2, -0.15) is 0 Å². The zero-order valence-electron chi connectivity index (χ0n) is 10.5. The van der Waals surface area contributed by atoms with Crippen LogP contribution in [0.3, 0.4) is 0 Å². The summed E-state index contributed by atoms with van der Waals surface area (Å²) < 4.78 is 28.6. The molecule has 0 aromatic heterocycles. The van der Waals surface area contributed by atoms with E-state index in [0.717, 1.165) is 39.0 Å². The maximum Gasteiger partial charge on any atom is 0.150 e. The van der Waals surface area contributed by atoms with E-state index in [1.165, 1.54) is 0 Å². The van der Waals surface area contributed by atoms with Crippen molar-refractivity contribution in [1.82, 2.24) is 5.32 Å². The second kappa shape index (κ2) is 5.67. The third-order valence-corrected chi connectivity index (χ3v) is 5.72. The van der Waals surface area contributed by atoms with E-state index < -0.39 is 9.84 Å². The number of ether oxygens (including phenoxy) is 1. The lowest BCUT2D eigenvalue weighted by molar-refractivity contribution is 0.0119. The highest BCUT2D eigenvalue weighted by atomic mass is 32.2. The summed E-state index contributed by atoms with van der Waals surface area (Å²) in [6.07, 6.45) is 2.95. The summed E-state index contributed by atoms with van der Waals surface area (Å²) in [4.78, 5) is 0. The average Bonchev–Trinajstić information content (AvgIpc) is 2.67. The summed E-state index contributed by atoms with van der Waals surface area (Å²) in [6.45, 7) is 4.70. The number of nitrogens with one attached hydrogen (secondary N) is 1. The number of rotatable bonds is 4. The van der Waals surface area contributed by atoms with Gasteiger partial charge in [0.05, 0.1) is 18.1 Å². The van der Waals surface area contributed by atoms with Crippen LogP contribution in [0.25, 0.3) is 0 Å². The Labute approximate surface area is 104 Å². The van der Waals surface area contributed by atoms with E-state index >= 15 is 0 Å². The van der Waals surface area contributed by atoms with E-state index in [9.17, 15) is 8.42 Å². The van der Waals surface area contributed by atoms with Gasteiger partial charge in [0.15, 0.2) is 9.84 Å². The molecule has 17 heavy (non-hydrogen) atoms. The fourth-order valence-electron chi connectivity index (χ4n) is 2.97. The molecule has 0 bridgehead atoms. The summed E-state index contributed by atoms with van der Waals surface area (Å²) in [6, 6.07) is 0.446. The van der Waals surface area contributed by atoms with Gasteiger partial charge in [0.1, 0.15) is 0 Å². The van der Waals surface area contributed by atoms with Crippen molar-refractivity contribution in [2.24, 2.45) is 11.8 Å². The molecule has 2 heterocycles. The molecule has 0 amide bonds. The van der Waals surface area contributed by atoms with Crippen LogP contribution in [-0.4, -0.2) is 45.7 Å². The molecular formula is C12H23NO3S. The van der Waals surface area contributed by atoms with Crippen LogP contribution in [-0.2, 0) is 14.6 Å². The lowest BCUT2D eigenvalue weighted by Crippen LogP contribution is -2.46. The Hall–Kier alpha value is -0.130. The van der Waals surface area contributed by atoms with Crippen molar-refractivity contribution < 1.29 is 13.2 Å². The second-order valence-electron chi connectivity index (χ2n) is 5.25. The number of hydrogen-bond acceptors (Lipinski definition) is 4. The quantitative estimate of drug-likeness (QED) is 0.814. The summed E-state index contributed by atoms with van der Waals surface area (Å²) in [5.74, 6) is 1.42. The highest BCUT2D eigenvalue weighted by molar-refractivity contribution is 7.91. The molecule has 3 atom stereocenters. The fraction of sp³-hybridized carbons (Fsp3) is 1.00. The van der Waals surface area contributed by atoms with Crippen LogP contribution in [0, 0.1) is 11.8 Å². The second-order valence-corrected chi connectivity index (χ2v) is 7.48. The van der Waals surface area contributed by atoms with Gasteiger partial charge >= 0.3 is 0 Å². The van der Waals surface area contributed by atoms with E-state index in [2.05, 4.69) is 12.2 Å². The van der Waals surface area contributed by atoms with Crippen molar-refractivity contribution in [3.05, 3.63) is 0 Å². The molecule has 2 saturated heterocycles. The summed E-state index contributed by atoms with van der Waals surface area (Å²) >= 11 is 0. The minimum Gasteiger partial charge on any atom is -0.381 e. The molecule has 0 aromatic rings. The van der Waals surface area contributed by atoms with Crippen LogP contribution in [0.5, 0.6) is 0 Å². The molecule has 0 saturated carbocycles. The van der Waals surface area contributed by atoms with Crippen LogP contribution >= 0.6 is 0 Å². The SMILES string of the molecule is CCCNC1CCOCC1C1CCS(=O)(=O)C1. The largest absolute Gasteiger partial charge is 0.381 e. The third-order valence-electron chi connectivity index (χ3n) is 3.93. The van der Waals surface area contributed by atoms with E-state index in [4.69, 9.17) is 4.74 Å². The number of hydrogen-bond donors (Lipinski definition) is 1. The molecular weight excluding hydrogens is 238 g/mol. The molecule has 3 unspecified atom stereocenters. The monoisotopic (exact) mass is 261 g/mol. The molecule has 100 valence electrons. The molecule has 2 fully saturated rings. The van der Waals surface area contributed by atoms with Crippen LogP contribution in [0.4, 0.5) is 0 Å². The van der Waals surface area contributed by atoms with Crippen LogP contribution in [0.1, 0.15) is 26.2 Å². The highest BCUT2D eigenvalue weighted by Gasteiger charge is 2.38. The van der Waals surface area contributed by atoms with E-state index in [1.807, 2.05) is 0 Å². The molecule has 4 nitrogen and oxygen atoms in total. The van der Waals surface area contributed by atoms with Gasteiger partial charge in [-0.25, -0.2) is 8.42 Å². The highest BCUT2D eigenvalue weighted by Crippen LogP contribution is 2.31. The molecule has 2 aliphatic heterocycles. The Bertz CT molecular complexity index is 342. The standard InChI is InChI=1S/C12H23NO3S/c1-2-5-13-12-3-6-16-8-11(12)10-4-7-17(14,15)9-10/h10-13H,2-9H2,1H3. The normalized spacial score (nSPS) is 37.1. The molecule has 0 aliphatic carbocycles. The Morgan fingerprint density at radius 3 is 2.82 bits per heavy atom. The van der Waals surface area contributed by atoms with E-state index in [-0.39, 0.29) is 0 Å². The lowest BCUT2D eigenvalue weighted by Gasteiger charge is -2.35. The fourth-order valence-corrected chi connectivity index (χ4v) is 4.86. The van der Waals surface area contributed by atoms with Gasteiger partial charge in [0.25, 0.3) is 0 Å². The Balaban J connectivity index is 1.96. The minimum atomic E-state index is -2.77. The van der Waals surface area contributed by atoms with Crippen molar-refractivity contribution in [1.29, 1.82) is 0 Å². The van der Waals surface area contributed by atoms with Crippen molar-refractivity contribution in [2.75, 3.05) is 31.3 Å². The van der Waals surface area contributed by atoms with Crippen LogP contribution < -0.4 is 5.32 Å². The average molecular weight is 261 g/mol. The smallest absolute Gasteiger partial charge is 0.150 e. The Kier molecular flexibility index (Phi) is 4.44. The van der Waals surface area contributed by atoms with Crippen molar-refractivity contribution in [3.63, 3.8) is 0 Å². The maximum atomic E-state index is 11.5. The van der Waals surface area contributed by atoms with Gasteiger partial charge in [0.2, 0.25) is 0 Å². The maximum absolute atomic E-state index is 11.5. The van der Waals surface area contributed by atoms with Crippen molar-refractivity contribution >= 4 is 9.84 Å². The first-order valence-electron chi connectivity index (χ1n) is 6.64. The molecule has 2 rings (SSSR count). The van der Waals surface area contributed by atoms with Crippen LogP contribution in [0.15, 0.2) is 0 Å². The van der Waals surface area contributed by atoms with Gasteiger partial charge in [-0.05, 0) is 31.7 Å². The lowest BCUT2D eigenvalue weighted by atomic mass is 9.83. The van der Waals surface area contributed by atoms with Crippen LogP contribution in [0.2, 0.25) is 0 Å². The van der Waals surface area contributed by atoms with E-state index in [1.54, 1.807) is 0 Å². The molecule has 0 radical (unpaired) electrons. The Morgan fingerprint density at radius 1 is 1.35 bits per heavy atom. The zero-order valence-corrected chi connectivity index (χ0v) is 11.3. The molecule has 1 N–H and O–H groups in total. The first-order chi connectivity index (χ1) is 8.12. The first kappa shape index (κ1) is 13.3. The van der Waals surface area contributed by atoms with Gasteiger partial charge in [0, 0.05) is 18.6 Å². The predicted molar refractivity (Wildman–Crippen MR) is 67.8 cm³/mol. The molecule has 0 aromatic carbocycles. The van der Waals surface area contributed by atoms with Crippen molar-refractivity contribution in [2.45, 2.75) is 32.2 Å². The predicted octanol–water partition coefficient (Wildman–Crippen LogP) is 0.826. The topological polar surface area (TPSA) is 55.4 Å². The zero-order chi connectivity index (χ0) is 12.3. The Morgan fingerprint density at radius 2 is 2.18 bits per heavy atom. The third kappa shape index (κ3) is 3.42. The molecule has 2 aliphatic rings.